The monoisotopic (exact) mass is 358 g/mol. The van der Waals surface area contributed by atoms with E-state index in [1.165, 1.54) is 22.2 Å². The van der Waals surface area contributed by atoms with Crippen LogP contribution in [0.3, 0.4) is 0 Å². The first-order chi connectivity index (χ1) is 9.47. The smallest absolute Gasteiger partial charge is 0.358 e. The van der Waals surface area contributed by atoms with Crippen LogP contribution in [0, 0.1) is 6.92 Å². The summed E-state index contributed by atoms with van der Waals surface area (Å²) >= 11 is 4.73. The second-order valence-electron chi connectivity index (χ2n) is 4.00. The van der Waals surface area contributed by atoms with Crippen LogP contribution in [0.15, 0.2) is 16.0 Å². The lowest BCUT2D eigenvalue weighted by atomic mass is 10.3. The molecule has 2 aromatic rings. The summed E-state index contributed by atoms with van der Waals surface area (Å²) in [5.41, 5.74) is 0.900. The zero-order valence-corrected chi connectivity index (χ0v) is 12.9. The molecular weight excluding hydrogens is 348 g/mol. The SMILES string of the molecule is Cc1cc(C(=O)NCCn2cc(C(=O)O)nn2)sc1Br. The van der Waals surface area contributed by atoms with E-state index in [1.54, 1.807) is 0 Å². The van der Waals surface area contributed by atoms with Gasteiger partial charge in [-0.2, -0.15) is 0 Å². The van der Waals surface area contributed by atoms with Crippen LogP contribution in [0.25, 0.3) is 0 Å². The molecule has 0 bridgehead atoms. The summed E-state index contributed by atoms with van der Waals surface area (Å²) < 4.78 is 2.31. The lowest BCUT2D eigenvalue weighted by Gasteiger charge is -2.02. The zero-order chi connectivity index (χ0) is 14.7. The Kier molecular flexibility index (Phi) is 4.50. The van der Waals surface area contributed by atoms with Crippen LogP contribution >= 0.6 is 27.3 Å². The number of halogens is 1. The van der Waals surface area contributed by atoms with Crippen molar-refractivity contribution in [3.8, 4) is 0 Å². The maximum absolute atomic E-state index is 11.9. The molecule has 0 unspecified atom stereocenters. The number of hydrogen-bond acceptors (Lipinski definition) is 5. The topological polar surface area (TPSA) is 97.1 Å². The molecule has 0 saturated heterocycles. The Morgan fingerprint density at radius 3 is 2.85 bits per heavy atom. The van der Waals surface area contributed by atoms with Crippen LogP contribution in [-0.4, -0.2) is 38.5 Å². The highest BCUT2D eigenvalue weighted by atomic mass is 79.9. The number of aromatic nitrogens is 3. The van der Waals surface area contributed by atoms with Crippen LogP contribution in [0.5, 0.6) is 0 Å². The molecule has 2 aromatic heterocycles. The van der Waals surface area contributed by atoms with Gasteiger partial charge in [0, 0.05) is 6.54 Å². The van der Waals surface area contributed by atoms with Gasteiger partial charge in [0.05, 0.1) is 21.4 Å². The highest BCUT2D eigenvalue weighted by Gasteiger charge is 2.11. The number of nitrogens with zero attached hydrogens (tertiary/aromatic N) is 3. The summed E-state index contributed by atoms with van der Waals surface area (Å²) in [6.07, 6.45) is 1.32. The molecule has 1 amide bonds. The van der Waals surface area contributed by atoms with Crippen LogP contribution in [-0.2, 0) is 6.54 Å². The van der Waals surface area contributed by atoms with Gasteiger partial charge in [-0.05, 0) is 34.5 Å². The Bertz CT molecular complexity index is 632. The summed E-state index contributed by atoms with van der Waals surface area (Å²) in [6.45, 7) is 2.62. The Morgan fingerprint density at radius 1 is 1.55 bits per heavy atom. The molecule has 20 heavy (non-hydrogen) atoms. The minimum Gasteiger partial charge on any atom is -0.476 e. The number of carbonyl (C=O) groups excluding carboxylic acids is 1. The second kappa shape index (κ2) is 6.14. The van der Waals surface area contributed by atoms with Gasteiger partial charge in [-0.3, -0.25) is 4.79 Å². The summed E-state index contributed by atoms with van der Waals surface area (Å²) in [5.74, 6) is -1.29. The van der Waals surface area contributed by atoms with Gasteiger partial charge in [0.1, 0.15) is 0 Å². The lowest BCUT2D eigenvalue weighted by molar-refractivity contribution is 0.0690. The van der Waals surface area contributed by atoms with Gasteiger partial charge < -0.3 is 10.4 Å². The number of carbonyl (C=O) groups is 2. The van der Waals surface area contributed by atoms with Crippen molar-refractivity contribution in [2.45, 2.75) is 13.5 Å². The molecule has 0 aliphatic heterocycles. The maximum atomic E-state index is 11.9. The van der Waals surface area contributed by atoms with Crippen molar-refractivity contribution in [3.05, 3.63) is 32.2 Å². The van der Waals surface area contributed by atoms with Crippen molar-refractivity contribution >= 4 is 39.1 Å². The third-order valence-corrected chi connectivity index (χ3v) is 4.60. The number of rotatable bonds is 5. The summed E-state index contributed by atoms with van der Waals surface area (Å²) in [7, 11) is 0. The molecule has 0 radical (unpaired) electrons. The molecule has 0 fully saturated rings. The minimum absolute atomic E-state index is 0.117. The predicted octanol–water partition coefficient (Wildman–Crippen LogP) is 1.54. The van der Waals surface area contributed by atoms with Gasteiger partial charge >= 0.3 is 5.97 Å². The van der Waals surface area contributed by atoms with Crippen molar-refractivity contribution in [1.29, 1.82) is 0 Å². The van der Waals surface area contributed by atoms with E-state index < -0.39 is 5.97 Å². The van der Waals surface area contributed by atoms with Crippen molar-refractivity contribution in [2.75, 3.05) is 6.54 Å². The Balaban J connectivity index is 1.86. The van der Waals surface area contributed by atoms with Gasteiger partial charge in [-0.25, -0.2) is 9.48 Å². The molecule has 0 aliphatic rings. The van der Waals surface area contributed by atoms with Crippen LogP contribution in [0.4, 0.5) is 0 Å². The fourth-order valence-electron chi connectivity index (χ4n) is 1.45. The van der Waals surface area contributed by atoms with Crippen LogP contribution in [0.1, 0.15) is 25.7 Å². The van der Waals surface area contributed by atoms with E-state index in [-0.39, 0.29) is 11.6 Å². The lowest BCUT2D eigenvalue weighted by Crippen LogP contribution is -2.26. The van der Waals surface area contributed by atoms with E-state index in [9.17, 15) is 9.59 Å². The molecule has 0 saturated carbocycles. The molecule has 0 aromatic carbocycles. The normalized spacial score (nSPS) is 10.5. The van der Waals surface area contributed by atoms with Crippen LogP contribution in [0.2, 0.25) is 0 Å². The fourth-order valence-corrected chi connectivity index (χ4v) is 2.90. The quantitative estimate of drug-likeness (QED) is 0.844. The fraction of sp³-hybridized carbons (Fsp3) is 0.273. The average molecular weight is 359 g/mol. The molecule has 7 nitrogen and oxygen atoms in total. The number of aryl methyl sites for hydroxylation is 1. The summed E-state index contributed by atoms with van der Waals surface area (Å²) in [5, 5.41) is 18.6. The number of thiophene rings is 1. The molecule has 0 spiro atoms. The largest absolute Gasteiger partial charge is 0.476 e. The van der Waals surface area contributed by atoms with Gasteiger partial charge in [-0.1, -0.05) is 5.21 Å². The Labute approximate surface area is 126 Å². The zero-order valence-electron chi connectivity index (χ0n) is 10.5. The highest BCUT2D eigenvalue weighted by molar-refractivity contribution is 9.11. The van der Waals surface area contributed by atoms with Gasteiger partial charge in [0.2, 0.25) is 0 Å². The minimum atomic E-state index is -1.13. The highest BCUT2D eigenvalue weighted by Crippen LogP contribution is 2.27. The average Bonchev–Trinajstić information content (AvgIpc) is 2.98. The summed E-state index contributed by atoms with van der Waals surface area (Å²) in [6, 6.07) is 1.81. The number of carboxylic acid groups (broad SMARTS) is 1. The van der Waals surface area contributed by atoms with Gasteiger partial charge in [0.15, 0.2) is 5.69 Å². The number of nitrogens with one attached hydrogen (secondary N) is 1. The van der Waals surface area contributed by atoms with E-state index in [0.717, 1.165) is 9.35 Å². The van der Waals surface area contributed by atoms with E-state index in [2.05, 4.69) is 31.6 Å². The van der Waals surface area contributed by atoms with Crippen molar-refractivity contribution in [1.82, 2.24) is 20.3 Å². The molecule has 2 N–H and O–H groups in total. The van der Waals surface area contributed by atoms with E-state index in [0.29, 0.717) is 18.0 Å². The maximum Gasteiger partial charge on any atom is 0.358 e. The first kappa shape index (κ1) is 14.7. The number of hydrogen-bond donors (Lipinski definition) is 2. The van der Waals surface area contributed by atoms with Gasteiger partial charge in [-0.15, -0.1) is 16.4 Å². The van der Waals surface area contributed by atoms with E-state index in [4.69, 9.17) is 5.11 Å². The third-order valence-electron chi connectivity index (χ3n) is 2.47. The molecule has 9 heteroatoms. The van der Waals surface area contributed by atoms with Crippen LogP contribution < -0.4 is 5.32 Å². The molecule has 106 valence electrons. The summed E-state index contributed by atoms with van der Waals surface area (Å²) in [4.78, 5) is 23.1. The molecule has 2 rings (SSSR count). The Hall–Kier alpha value is -1.74. The van der Waals surface area contributed by atoms with E-state index in [1.807, 2.05) is 13.0 Å². The molecule has 0 atom stereocenters. The van der Waals surface area contributed by atoms with Crippen molar-refractivity contribution < 1.29 is 14.7 Å². The van der Waals surface area contributed by atoms with E-state index >= 15 is 0 Å². The standard InChI is InChI=1S/C11H11BrN4O3S/c1-6-4-8(20-9(6)12)10(17)13-2-3-16-5-7(11(18)19)14-15-16/h4-5H,2-3H2,1H3,(H,13,17)(H,18,19). The first-order valence-electron chi connectivity index (χ1n) is 5.65. The molecule has 2 heterocycles. The number of aromatic carboxylic acids is 1. The Morgan fingerprint density at radius 2 is 2.30 bits per heavy atom. The van der Waals surface area contributed by atoms with Crippen molar-refractivity contribution in [3.63, 3.8) is 0 Å². The third kappa shape index (κ3) is 3.42. The molecule has 0 aliphatic carbocycles. The van der Waals surface area contributed by atoms with Gasteiger partial charge in [0.25, 0.3) is 5.91 Å². The molecular formula is C11H11BrN4O3S. The first-order valence-corrected chi connectivity index (χ1v) is 7.26. The second-order valence-corrected chi connectivity index (χ2v) is 6.37. The number of carboxylic acids is 1. The van der Waals surface area contributed by atoms with Crippen molar-refractivity contribution in [2.24, 2.45) is 0 Å². The number of amides is 1. The predicted molar refractivity (Wildman–Crippen MR) is 76.1 cm³/mol.